The van der Waals surface area contributed by atoms with Gasteiger partial charge in [0.25, 0.3) is 5.56 Å². The van der Waals surface area contributed by atoms with E-state index in [1.165, 1.54) is 21.4 Å². The van der Waals surface area contributed by atoms with E-state index in [2.05, 4.69) is 64.9 Å². The third-order valence-electron chi connectivity index (χ3n) is 5.35. The first kappa shape index (κ1) is 21.6. The fourth-order valence-electron chi connectivity index (χ4n) is 3.83. The minimum atomic E-state index is -0.154. The molecule has 5 rings (SSSR count). The van der Waals surface area contributed by atoms with Gasteiger partial charge in [-0.05, 0) is 24.5 Å². The fraction of sp³-hybridized carbons (Fsp3) is 0.200. The normalized spacial score (nSPS) is 11.5. The molecule has 0 amide bonds. The number of aromatic nitrogens is 5. The molecule has 0 saturated carbocycles. The summed E-state index contributed by atoms with van der Waals surface area (Å²) < 4.78 is 3.58. The van der Waals surface area contributed by atoms with Crippen molar-refractivity contribution in [2.24, 2.45) is 0 Å². The number of benzene rings is 2. The van der Waals surface area contributed by atoms with E-state index in [1.807, 2.05) is 31.3 Å². The lowest BCUT2D eigenvalue weighted by Gasteiger charge is -2.18. The Kier molecular flexibility index (Phi) is 5.86. The molecule has 0 spiro atoms. The summed E-state index contributed by atoms with van der Waals surface area (Å²) in [5.41, 5.74) is 5.08. The molecule has 0 atom stereocenters. The van der Waals surface area contributed by atoms with Gasteiger partial charge in [-0.15, -0.1) is 0 Å². The lowest BCUT2D eigenvalue weighted by molar-refractivity contribution is 0.820. The summed E-state index contributed by atoms with van der Waals surface area (Å²) in [5, 5.41) is 5.91. The number of fused-ring (bicyclic) bond motifs is 1. The van der Waals surface area contributed by atoms with Crippen LogP contribution in [-0.2, 0) is 5.75 Å². The van der Waals surface area contributed by atoms with Gasteiger partial charge >= 0.3 is 0 Å². The van der Waals surface area contributed by atoms with Crippen LogP contribution in [0.15, 0.2) is 76.8 Å². The highest BCUT2D eigenvalue weighted by Gasteiger charge is 2.18. The van der Waals surface area contributed by atoms with Crippen LogP contribution in [-0.4, -0.2) is 24.1 Å². The fourth-order valence-corrected chi connectivity index (χ4v) is 5.47. The molecule has 0 unspecified atom stereocenters. The topological polar surface area (TPSA) is 65.1 Å². The molecule has 0 aliphatic rings. The van der Waals surface area contributed by atoms with Crippen molar-refractivity contribution < 1.29 is 0 Å². The Morgan fingerprint density at radius 1 is 1.06 bits per heavy atom. The van der Waals surface area contributed by atoms with E-state index in [-0.39, 0.29) is 5.56 Å². The SMILES string of the molecule is Cc1nn2c(=O)cc(CSc3ncc(-c4ccccc4)n3-c3ccccc3C(C)C)nc2s1. The number of hydrogen-bond acceptors (Lipinski definition) is 6. The number of imidazole rings is 1. The van der Waals surface area contributed by atoms with Crippen LogP contribution in [0.2, 0.25) is 0 Å². The molecule has 0 fully saturated rings. The van der Waals surface area contributed by atoms with Crippen LogP contribution in [0.25, 0.3) is 21.9 Å². The second-order valence-corrected chi connectivity index (χ2v) is 10.1. The predicted octanol–water partition coefficient (Wildman–Crippen LogP) is 5.73. The quantitative estimate of drug-likeness (QED) is 0.295. The van der Waals surface area contributed by atoms with Crippen LogP contribution < -0.4 is 5.56 Å². The average molecular weight is 474 g/mol. The van der Waals surface area contributed by atoms with Gasteiger partial charge in [0, 0.05) is 17.4 Å². The minimum Gasteiger partial charge on any atom is -0.287 e. The Morgan fingerprint density at radius 3 is 2.61 bits per heavy atom. The summed E-state index contributed by atoms with van der Waals surface area (Å²) >= 11 is 3.00. The van der Waals surface area contributed by atoms with Crippen LogP contribution in [0.5, 0.6) is 0 Å². The summed E-state index contributed by atoms with van der Waals surface area (Å²) in [6, 6.07) is 20.3. The number of rotatable bonds is 6. The van der Waals surface area contributed by atoms with Crippen molar-refractivity contribution in [1.82, 2.24) is 24.1 Å². The largest absolute Gasteiger partial charge is 0.287 e. The molecule has 0 bridgehead atoms. The van der Waals surface area contributed by atoms with Crippen molar-refractivity contribution in [3.8, 4) is 16.9 Å². The van der Waals surface area contributed by atoms with E-state index in [0.29, 0.717) is 16.6 Å². The number of nitrogens with zero attached hydrogens (tertiary/aromatic N) is 5. The molecule has 8 heteroatoms. The van der Waals surface area contributed by atoms with Crippen molar-refractivity contribution in [1.29, 1.82) is 0 Å². The van der Waals surface area contributed by atoms with Gasteiger partial charge in [0.1, 0.15) is 5.01 Å². The summed E-state index contributed by atoms with van der Waals surface area (Å²) in [4.78, 5) is 22.5. The Labute approximate surface area is 200 Å². The average Bonchev–Trinajstić information content (AvgIpc) is 3.41. The van der Waals surface area contributed by atoms with Crippen molar-refractivity contribution in [2.45, 2.75) is 37.6 Å². The zero-order valence-corrected chi connectivity index (χ0v) is 20.2. The summed E-state index contributed by atoms with van der Waals surface area (Å²) in [6.45, 7) is 6.28. The molecular formula is C25H23N5OS2. The van der Waals surface area contributed by atoms with Gasteiger partial charge in [-0.2, -0.15) is 9.61 Å². The first-order valence-corrected chi connectivity index (χ1v) is 12.5. The minimum absolute atomic E-state index is 0.154. The van der Waals surface area contributed by atoms with Gasteiger partial charge in [-0.1, -0.05) is 85.5 Å². The van der Waals surface area contributed by atoms with E-state index in [9.17, 15) is 4.79 Å². The van der Waals surface area contributed by atoms with Crippen LogP contribution in [0.1, 0.15) is 36.0 Å². The highest BCUT2D eigenvalue weighted by molar-refractivity contribution is 7.98. The zero-order chi connectivity index (χ0) is 22.9. The summed E-state index contributed by atoms with van der Waals surface area (Å²) in [7, 11) is 0. The second-order valence-electron chi connectivity index (χ2n) is 8.03. The molecule has 0 saturated heterocycles. The molecule has 0 radical (unpaired) electrons. The van der Waals surface area contributed by atoms with E-state index in [1.54, 1.807) is 17.8 Å². The van der Waals surface area contributed by atoms with Gasteiger partial charge < -0.3 is 0 Å². The lowest BCUT2D eigenvalue weighted by Crippen LogP contribution is -2.15. The summed E-state index contributed by atoms with van der Waals surface area (Å²) in [5.74, 6) is 0.904. The first-order valence-electron chi connectivity index (χ1n) is 10.7. The highest BCUT2D eigenvalue weighted by atomic mass is 32.2. The second kappa shape index (κ2) is 8.96. The number of para-hydroxylation sites is 1. The smallest absolute Gasteiger partial charge is 0.275 e. The first-order chi connectivity index (χ1) is 16.0. The third kappa shape index (κ3) is 4.24. The monoisotopic (exact) mass is 473 g/mol. The van der Waals surface area contributed by atoms with Crippen molar-refractivity contribution in [3.05, 3.63) is 93.5 Å². The Morgan fingerprint density at radius 2 is 1.82 bits per heavy atom. The van der Waals surface area contributed by atoms with Crippen molar-refractivity contribution in [3.63, 3.8) is 0 Å². The van der Waals surface area contributed by atoms with Crippen molar-refractivity contribution in [2.75, 3.05) is 0 Å². The van der Waals surface area contributed by atoms with Crippen LogP contribution in [0.4, 0.5) is 0 Å². The molecule has 3 heterocycles. The molecule has 3 aromatic heterocycles. The maximum absolute atomic E-state index is 12.5. The van der Waals surface area contributed by atoms with Gasteiger partial charge in [-0.3, -0.25) is 9.36 Å². The number of aryl methyl sites for hydroxylation is 1. The molecule has 33 heavy (non-hydrogen) atoms. The van der Waals surface area contributed by atoms with Gasteiger partial charge in [-0.25, -0.2) is 9.97 Å². The molecule has 0 aliphatic carbocycles. The maximum Gasteiger partial charge on any atom is 0.275 e. The highest BCUT2D eigenvalue weighted by Crippen LogP contribution is 2.34. The molecule has 0 aliphatic heterocycles. The molecular weight excluding hydrogens is 450 g/mol. The van der Waals surface area contributed by atoms with Crippen molar-refractivity contribution >= 4 is 28.1 Å². The van der Waals surface area contributed by atoms with Crippen LogP contribution in [0, 0.1) is 6.92 Å². The van der Waals surface area contributed by atoms with E-state index >= 15 is 0 Å². The molecule has 2 aromatic carbocycles. The molecule has 6 nitrogen and oxygen atoms in total. The van der Waals surface area contributed by atoms with Gasteiger partial charge in [0.15, 0.2) is 5.16 Å². The lowest BCUT2D eigenvalue weighted by atomic mass is 10.0. The predicted molar refractivity (Wildman–Crippen MR) is 135 cm³/mol. The summed E-state index contributed by atoms with van der Waals surface area (Å²) in [6.07, 6.45) is 1.92. The Balaban J connectivity index is 1.57. The van der Waals surface area contributed by atoms with E-state index in [4.69, 9.17) is 4.98 Å². The number of thioether (sulfide) groups is 1. The molecule has 0 N–H and O–H groups in total. The zero-order valence-electron chi connectivity index (χ0n) is 18.6. The van der Waals surface area contributed by atoms with Crippen LogP contribution >= 0.6 is 23.1 Å². The Hall–Kier alpha value is -3.23. The maximum atomic E-state index is 12.5. The van der Waals surface area contributed by atoms with E-state index < -0.39 is 0 Å². The standard InChI is InChI=1S/C25H23N5OS2/c1-16(2)20-11-7-8-12-21(20)29-22(18-9-5-4-6-10-18)14-26-24(29)32-15-19-13-23(31)30-25(27-19)33-17(3)28-30/h4-14,16H,15H2,1-3H3. The van der Waals surface area contributed by atoms with Crippen LogP contribution in [0.3, 0.4) is 0 Å². The number of hydrogen-bond donors (Lipinski definition) is 0. The van der Waals surface area contributed by atoms with Gasteiger partial charge in [0.05, 0.1) is 23.3 Å². The molecule has 166 valence electrons. The third-order valence-corrected chi connectivity index (χ3v) is 7.16. The Bertz CT molecular complexity index is 1480. The van der Waals surface area contributed by atoms with Gasteiger partial charge in [0.2, 0.25) is 4.96 Å². The molecule has 5 aromatic rings. The van der Waals surface area contributed by atoms with E-state index in [0.717, 1.165) is 32.8 Å².